The van der Waals surface area contributed by atoms with E-state index in [1.54, 1.807) is 12.4 Å². The summed E-state index contributed by atoms with van der Waals surface area (Å²) in [6.45, 7) is 4.31. The normalized spacial score (nSPS) is 14.2. The van der Waals surface area contributed by atoms with Gasteiger partial charge in [-0.05, 0) is 49.1 Å². The van der Waals surface area contributed by atoms with E-state index in [1.165, 1.54) is 32.1 Å². The first-order valence-electron chi connectivity index (χ1n) is 13.2. The van der Waals surface area contributed by atoms with Crippen LogP contribution < -0.4 is 5.32 Å². The van der Waals surface area contributed by atoms with Crippen LogP contribution in [0, 0.1) is 5.92 Å². The number of hydrogen-bond donors (Lipinski definition) is 3. The topological polar surface area (TPSA) is 121 Å². The second-order valence-corrected chi connectivity index (χ2v) is 10.00. The molecule has 1 aliphatic carbocycles. The third-order valence-electron chi connectivity index (χ3n) is 7.43. The lowest BCUT2D eigenvalue weighted by atomic mass is 9.87. The summed E-state index contributed by atoms with van der Waals surface area (Å²) in [4.78, 5) is 26.3. The Balaban J connectivity index is 1.23. The number of nitrogens with one attached hydrogen (secondary N) is 3. The van der Waals surface area contributed by atoms with E-state index in [2.05, 4.69) is 48.1 Å². The second-order valence-electron chi connectivity index (χ2n) is 10.00. The maximum absolute atomic E-state index is 4.97. The van der Waals surface area contributed by atoms with E-state index in [-0.39, 0.29) is 0 Å². The number of allylic oxidation sites excluding steroid dienone is 1. The van der Waals surface area contributed by atoms with E-state index in [0.717, 1.165) is 50.3 Å². The van der Waals surface area contributed by atoms with Crippen LogP contribution in [0.2, 0.25) is 0 Å². The quantitative estimate of drug-likeness (QED) is 0.232. The Bertz CT molecular complexity index is 1800. The van der Waals surface area contributed by atoms with Crippen molar-refractivity contribution in [3.05, 3.63) is 79.7 Å². The molecule has 0 aliphatic heterocycles. The smallest absolute Gasteiger partial charge is 0.178 e. The number of imidazole rings is 1. The summed E-state index contributed by atoms with van der Waals surface area (Å²) in [5, 5.41) is 11.1. The third kappa shape index (κ3) is 4.41. The summed E-state index contributed by atoms with van der Waals surface area (Å²) in [5.41, 5.74) is 9.28. The number of hydrogen-bond acceptors (Lipinski definition) is 7. The van der Waals surface area contributed by atoms with Crippen molar-refractivity contribution in [2.45, 2.75) is 32.1 Å². The summed E-state index contributed by atoms with van der Waals surface area (Å²) in [6, 6.07) is 11.9. The highest BCUT2D eigenvalue weighted by Crippen LogP contribution is 2.32. The highest BCUT2D eigenvalue weighted by atomic mass is 15.2. The van der Waals surface area contributed by atoms with E-state index in [0.29, 0.717) is 23.1 Å². The predicted molar refractivity (Wildman–Crippen MR) is 153 cm³/mol. The number of aromatic nitrogens is 8. The van der Waals surface area contributed by atoms with Crippen molar-refractivity contribution in [2.75, 3.05) is 5.32 Å². The molecule has 0 radical (unpaired) electrons. The van der Waals surface area contributed by atoms with Gasteiger partial charge in [0.15, 0.2) is 17.2 Å². The van der Waals surface area contributed by atoms with Crippen LogP contribution in [-0.2, 0) is 0 Å². The van der Waals surface area contributed by atoms with Gasteiger partial charge >= 0.3 is 0 Å². The predicted octanol–water partition coefficient (Wildman–Crippen LogP) is 6.53. The molecule has 0 amide bonds. The van der Waals surface area contributed by atoms with Crippen LogP contribution in [-0.4, -0.2) is 40.1 Å². The van der Waals surface area contributed by atoms with E-state index < -0.39 is 0 Å². The van der Waals surface area contributed by atoms with Gasteiger partial charge in [0.25, 0.3) is 0 Å². The number of rotatable bonds is 6. The number of anilines is 1. The fourth-order valence-corrected chi connectivity index (χ4v) is 5.40. The minimum atomic E-state index is 0.516. The summed E-state index contributed by atoms with van der Waals surface area (Å²) < 4.78 is 0. The second kappa shape index (κ2) is 9.75. The SMILES string of the molecule is C=C(Nc1cncc(-c2ccc3[nH]nc(-c4nc5nccc(-c6cccnc6)c5[nH]4)c3n2)c1)C1CCCCC1. The van der Waals surface area contributed by atoms with E-state index in [1.807, 2.05) is 48.9 Å². The monoisotopic (exact) mass is 513 g/mol. The highest BCUT2D eigenvalue weighted by Gasteiger charge is 2.19. The van der Waals surface area contributed by atoms with E-state index in [4.69, 9.17) is 9.97 Å². The Labute approximate surface area is 224 Å². The molecule has 3 N–H and O–H groups in total. The van der Waals surface area contributed by atoms with Crippen molar-refractivity contribution < 1.29 is 0 Å². The molecule has 6 aromatic rings. The van der Waals surface area contributed by atoms with Crippen LogP contribution in [0.3, 0.4) is 0 Å². The number of nitrogens with zero attached hydrogens (tertiary/aromatic N) is 6. The fourth-order valence-electron chi connectivity index (χ4n) is 5.40. The molecule has 6 aromatic heterocycles. The van der Waals surface area contributed by atoms with Crippen LogP contribution in [0.4, 0.5) is 5.69 Å². The Morgan fingerprint density at radius 1 is 0.923 bits per heavy atom. The van der Waals surface area contributed by atoms with E-state index in [9.17, 15) is 0 Å². The van der Waals surface area contributed by atoms with Crippen molar-refractivity contribution in [3.8, 4) is 33.9 Å². The van der Waals surface area contributed by atoms with Crippen molar-refractivity contribution >= 4 is 27.9 Å². The van der Waals surface area contributed by atoms with Crippen LogP contribution >= 0.6 is 0 Å². The molecule has 0 unspecified atom stereocenters. The lowest BCUT2D eigenvalue weighted by Gasteiger charge is -2.24. The molecule has 1 aliphatic rings. The molecule has 1 fully saturated rings. The molecule has 192 valence electrons. The van der Waals surface area contributed by atoms with Gasteiger partial charge in [0.1, 0.15) is 5.52 Å². The average Bonchev–Trinajstić information content (AvgIpc) is 3.62. The van der Waals surface area contributed by atoms with Gasteiger partial charge in [-0.25, -0.2) is 15.0 Å². The van der Waals surface area contributed by atoms with E-state index >= 15 is 0 Å². The molecule has 39 heavy (non-hydrogen) atoms. The molecule has 9 nitrogen and oxygen atoms in total. The first-order chi connectivity index (χ1) is 19.2. The van der Waals surface area contributed by atoms with Crippen molar-refractivity contribution in [1.82, 2.24) is 40.1 Å². The fraction of sp³-hybridized carbons (Fsp3) is 0.200. The summed E-state index contributed by atoms with van der Waals surface area (Å²) in [6.07, 6.45) is 15.3. The molecule has 7 rings (SSSR count). The molecule has 0 atom stereocenters. The molecule has 1 saturated carbocycles. The van der Waals surface area contributed by atoms with Gasteiger partial charge in [-0.2, -0.15) is 5.10 Å². The molecule has 0 aromatic carbocycles. The largest absolute Gasteiger partial charge is 0.358 e. The zero-order valence-corrected chi connectivity index (χ0v) is 21.4. The van der Waals surface area contributed by atoms with Gasteiger partial charge in [0.05, 0.1) is 28.6 Å². The minimum Gasteiger partial charge on any atom is -0.358 e. The van der Waals surface area contributed by atoms with Gasteiger partial charge < -0.3 is 10.3 Å². The minimum absolute atomic E-state index is 0.516. The third-order valence-corrected chi connectivity index (χ3v) is 7.43. The average molecular weight is 514 g/mol. The Morgan fingerprint density at radius 2 is 1.82 bits per heavy atom. The van der Waals surface area contributed by atoms with Gasteiger partial charge in [-0.1, -0.05) is 31.9 Å². The number of fused-ring (bicyclic) bond motifs is 2. The zero-order valence-electron chi connectivity index (χ0n) is 21.4. The molecular formula is C30H27N9. The lowest BCUT2D eigenvalue weighted by Crippen LogP contribution is -2.14. The first kappa shape index (κ1) is 23.2. The van der Waals surface area contributed by atoms with Gasteiger partial charge in [0.2, 0.25) is 0 Å². The van der Waals surface area contributed by atoms with Crippen molar-refractivity contribution in [3.63, 3.8) is 0 Å². The summed E-state index contributed by atoms with van der Waals surface area (Å²) in [7, 11) is 0. The Morgan fingerprint density at radius 3 is 2.69 bits per heavy atom. The molecule has 6 heterocycles. The summed E-state index contributed by atoms with van der Waals surface area (Å²) >= 11 is 0. The van der Waals surface area contributed by atoms with Crippen molar-refractivity contribution in [2.24, 2.45) is 5.92 Å². The van der Waals surface area contributed by atoms with Gasteiger partial charge in [-0.3, -0.25) is 15.1 Å². The van der Waals surface area contributed by atoms with Crippen molar-refractivity contribution in [1.29, 1.82) is 0 Å². The molecule has 0 bridgehead atoms. The lowest BCUT2D eigenvalue weighted by molar-refractivity contribution is 0.405. The maximum Gasteiger partial charge on any atom is 0.178 e. The highest BCUT2D eigenvalue weighted by molar-refractivity contribution is 5.94. The number of pyridine rings is 4. The van der Waals surface area contributed by atoms with Crippen LogP contribution in [0.1, 0.15) is 32.1 Å². The maximum atomic E-state index is 4.97. The van der Waals surface area contributed by atoms with Crippen LogP contribution in [0.25, 0.3) is 56.1 Å². The molecule has 0 spiro atoms. The molecular weight excluding hydrogens is 486 g/mol. The number of H-pyrrole nitrogens is 2. The summed E-state index contributed by atoms with van der Waals surface area (Å²) in [5.74, 6) is 1.12. The van der Waals surface area contributed by atoms with Gasteiger partial charge in [-0.15, -0.1) is 0 Å². The van der Waals surface area contributed by atoms with Gasteiger partial charge in [0, 0.05) is 47.2 Å². The number of aromatic amines is 2. The van der Waals surface area contributed by atoms with Crippen LogP contribution in [0.15, 0.2) is 79.7 Å². The molecule has 9 heteroatoms. The Kier molecular flexibility index (Phi) is 5.81. The Hall–Kier alpha value is -4.92. The first-order valence-corrected chi connectivity index (χ1v) is 13.2. The standard InChI is InChI=1S/C30H27N9/c1-18(19-6-3-2-4-7-19)34-22-14-21(16-32-17-22)24-9-10-25-27(35-24)28(39-38-25)30-36-26-23(11-13-33-29(26)37-30)20-8-5-12-31-15-20/h5,8-17,19,34H,1-4,6-7H2,(H,38,39)(H,33,36,37). The van der Waals surface area contributed by atoms with Crippen LogP contribution in [0.5, 0.6) is 0 Å². The zero-order chi connectivity index (χ0) is 26.2. The molecule has 0 saturated heterocycles.